The van der Waals surface area contributed by atoms with Gasteiger partial charge in [0, 0.05) is 47.5 Å². The summed E-state index contributed by atoms with van der Waals surface area (Å²) >= 11 is 1.85. The van der Waals surface area contributed by atoms with Crippen LogP contribution in [0.15, 0.2) is 53.9 Å². The van der Waals surface area contributed by atoms with Gasteiger partial charge in [0.25, 0.3) is 0 Å². The van der Waals surface area contributed by atoms with E-state index in [1.807, 2.05) is 46.6 Å². The highest BCUT2D eigenvalue weighted by Gasteiger charge is 2.32. The fourth-order valence-corrected chi connectivity index (χ4v) is 5.74. The molecule has 1 atom stereocenters. The molecule has 2 aliphatic heterocycles. The van der Waals surface area contributed by atoms with Gasteiger partial charge < -0.3 is 24.6 Å². The third-order valence-corrected chi connectivity index (χ3v) is 7.63. The molecule has 7 heteroatoms. The summed E-state index contributed by atoms with van der Waals surface area (Å²) in [5, 5.41) is 5.27. The lowest BCUT2D eigenvalue weighted by atomic mass is 10.0. The van der Waals surface area contributed by atoms with Crippen LogP contribution >= 0.6 is 11.3 Å². The maximum Gasteiger partial charge on any atom is 0.322 e. The molecule has 5 rings (SSSR count). The van der Waals surface area contributed by atoms with Crippen molar-refractivity contribution in [2.45, 2.75) is 31.8 Å². The first kappa shape index (κ1) is 21.6. The average molecular weight is 464 g/mol. The minimum absolute atomic E-state index is 0.0155. The van der Waals surface area contributed by atoms with E-state index in [0.717, 1.165) is 61.6 Å². The van der Waals surface area contributed by atoms with Crippen LogP contribution in [0.2, 0.25) is 0 Å². The molecular weight excluding hydrogens is 434 g/mol. The summed E-state index contributed by atoms with van der Waals surface area (Å²) in [7, 11) is 3.29. The number of rotatable bonds is 5. The van der Waals surface area contributed by atoms with Crippen molar-refractivity contribution in [1.29, 1.82) is 0 Å². The van der Waals surface area contributed by atoms with Gasteiger partial charge in [-0.25, -0.2) is 4.79 Å². The van der Waals surface area contributed by atoms with Crippen molar-refractivity contribution in [3.8, 4) is 11.5 Å². The maximum atomic E-state index is 13.2. The van der Waals surface area contributed by atoms with Crippen molar-refractivity contribution in [2.24, 2.45) is 0 Å². The number of nitrogens with one attached hydrogen (secondary N) is 1. The number of hydrogen-bond donors (Lipinski definition) is 1. The van der Waals surface area contributed by atoms with Crippen LogP contribution in [0, 0.1) is 0 Å². The molecule has 6 nitrogen and oxygen atoms in total. The number of carbonyl (C=O) groups excluding carboxylic acids is 1. The van der Waals surface area contributed by atoms with E-state index in [1.54, 1.807) is 14.2 Å². The summed E-state index contributed by atoms with van der Waals surface area (Å²) in [5.41, 5.74) is 4.44. The SMILES string of the molecule is COc1ccc(C2CCCN2C(=O)Nc2ccc(N3CCc4sccc4C3)cc2)c(OC)c1. The maximum absolute atomic E-state index is 13.2. The molecule has 172 valence electrons. The standard InChI is InChI=1S/C26H29N3O3S/c1-31-21-9-10-22(24(16-21)32-2)23-4-3-13-29(23)26(30)27-19-5-7-20(8-6-19)28-14-11-25-18(17-28)12-15-33-25/h5-10,12,15-16,23H,3-4,11,13-14,17H2,1-2H3,(H,27,30). The highest BCUT2D eigenvalue weighted by atomic mass is 32.1. The molecule has 1 saturated heterocycles. The Morgan fingerprint density at radius 3 is 2.70 bits per heavy atom. The van der Waals surface area contributed by atoms with Gasteiger partial charge in [0.1, 0.15) is 11.5 Å². The second-order valence-corrected chi connectivity index (χ2v) is 9.48. The number of likely N-dealkylation sites (tertiary alicyclic amines) is 1. The largest absolute Gasteiger partial charge is 0.497 e. The predicted molar refractivity (Wildman–Crippen MR) is 133 cm³/mol. The Bertz CT molecular complexity index is 1130. The number of fused-ring (bicyclic) bond motifs is 1. The predicted octanol–water partition coefficient (Wildman–Crippen LogP) is 5.70. The molecular formula is C26H29N3O3S. The summed E-state index contributed by atoms with van der Waals surface area (Å²) in [5.74, 6) is 1.49. The Labute approximate surface area is 198 Å². The van der Waals surface area contributed by atoms with E-state index in [0.29, 0.717) is 0 Å². The minimum atomic E-state index is -0.0796. The van der Waals surface area contributed by atoms with Gasteiger partial charge >= 0.3 is 6.03 Å². The van der Waals surface area contributed by atoms with E-state index in [1.165, 1.54) is 16.1 Å². The molecule has 1 aromatic heterocycles. The molecule has 33 heavy (non-hydrogen) atoms. The molecule has 3 aromatic rings. The zero-order valence-corrected chi connectivity index (χ0v) is 19.9. The molecule has 0 bridgehead atoms. The van der Waals surface area contributed by atoms with Gasteiger partial charge in [-0.2, -0.15) is 0 Å². The number of amides is 2. The molecule has 1 unspecified atom stereocenters. The number of anilines is 2. The van der Waals surface area contributed by atoms with Crippen LogP contribution in [-0.4, -0.2) is 38.2 Å². The normalized spacial score (nSPS) is 17.6. The summed E-state index contributed by atoms with van der Waals surface area (Å²) in [4.78, 5) is 19.0. The highest BCUT2D eigenvalue weighted by molar-refractivity contribution is 7.10. The van der Waals surface area contributed by atoms with Crippen LogP contribution < -0.4 is 19.7 Å². The Morgan fingerprint density at radius 1 is 1.06 bits per heavy atom. The van der Waals surface area contributed by atoms with Crippen LogP contribution in [0.25, 0.3) is 0 Å². The number of benzene rings is 2. The van der Waals surface area contributed by atoms with E-state index >= 15 is 0 Å². The second-order valence-electron chi connectivity index (χ2n) is 8.48. The molecule has 0 radical (unpaired) electrons. The Balaban J connectivity index is 1.26. The van der Waals surface area contributed by atoms with Gasteiger partial charge in [0.15, 0.2) is 0 Å². The van der Waals surface area contributed by atoms with Crippen LogP contribution in [0.1, 0.15) is 34.9 Å². The fourth-order valence-electron chi connectivity index (χ4n) is 4.85. The second kappa shape index (κ2) is 9.35. The smallest absolute Gasteiger partial charge is 0.322 e. The van der Waals surface area contributed by atoms with Gasteiger partial charge in [-0.1, -0.05) is 0 Å². The first-order chi connectivity index (χ1) is 16.2. The summed E-state index contributed by atoms with van der Waals surface area (Å²) in [6, 6.07) is 16.1. The lowest BCUT2D eigenvalue weighted by Gasteiger charge is -2.29. The van der Waals surface area contributed by atoms with E-state index in [9.17, 15) is 4.79 Å². The topological polar surface area (TPSA) is 54.0 Å². The van der Waals surface area contributed by atoms with Crippen molar-refractivity contribution >= 4 is 28.7 Å². The van der Waals surface area contributed by atoms with Crippen molar-refractivity contribution in [3.05, 3.63) is 69.9 Å². The van der Waals surface area contributed by atoms with Gasteiger partial charge in [-0.15, -0.1) is 11.3 Å². The molecule has 1 N–H and O–H groups in total. The van der Waals surface area contributed by atoms with Crippen LogP contribution in [0.4, 0.5) is 16.2 Å². The van der Waals surface area contributed by atoms with E-state index in [4.69, 9.17) is 9.47 Å². The zero-order chi connectivity index (χ0) is 22.8. The third kappa shape index (κ3) is 4.37. The van der Waals surface area contributed by atoms with Crippen LogP contribution in [0.5, 0.6) is 11.5 Å². The molecule has 2 aliphatic rings. The van der Waals surface area contributed by atoms with Crippen molar-refractivity contribution in [3.63, 3.8) is 0 Å². The first-order valence-electron chi connectivity index (χ1n) is 11.4. The Kier molecular flexibility index (Phi) is 6.13. The lowest BCUT2D eigenvalue weighted by Crippen LogP contribution is -2.34. The van der Waals surface area contributed by atoms with Gasteiger partial charge in [-0.05, 0) is 72.7 Å². The summed E-state index contributed by atoms with van der Waals surface area (Å²) < 4.78 is 10.9. The van der Waals surface area contributed by atoms with Crippen LogP contribution in [-0.2, 0) is 13.0 Å². The molecule has 2 aromatic carbocycles. The van der Waals surface area contributed by atoms with E-state index < -0.39 is 0 Å². The third-order valence-electron chi connectivity index (χ3n) is 6.60. The van der Waals surface area contributed by atoms with E-state index in [2.05, 4.69) is 33.8 Å². The molecule has 0 saturated carbocycles. The molecule has 1 fully saturated rings. The van der Waals surface area contributed by atoms with Crippen molar-refractivity contribution in [2.75, 3.05) is 37.5 Å². The van der Waals surface area contributed by atoms with E-state index in [-0.39, 0.29) is 12.1 Å². The van der Waals surface area contributed by atoms with Crippen molar-refractivity contribution < 1.29 is 14.3 Å². The number of ether oxygens (including phenoxy) is 2. The highest BCUT2D eigenvalue weighted by Crippen LogP contribution is 2.39. The lowest BCUT2D eigenvalue weighted by molar-refractivity contribution is 0.206. The number of nitrogens with zero attached hydrogens (tertiary/aromatic N) is 2. The van der Waals surface area contributed by atoms with Gasteiger partial charge in [0.05, 0.1) is 20.3 Å². The quantitative estimate of drug-likeness (QED) is 0.528. The number of carbonyl (C=O) groups is 1. The van der Waals surface area contributed by atoms with Gasteiger partial charge in [0.2, 0.25) is 0 Å². The van der Waals surface area contributed by atoms with Gasteiger partial charge in [-0.3, -0.25) is 0 Å². The summed E-state index contributed by atoms with van der Waals surface area (Å²) in [6.07, 6.45) is 2.97. The molecule has 0 aliphatic carbocycles. The monoisotopic (exact) mass is 463 g/mol. The minimum Gasteiger partial charge on any atom is -0.497 e. The summed E-state index contributed by atoms with van der Waals surface area (Å²) in [6.45, 7) is 2.70. The Hall–Kier alpha value is -3.19. The van der Waals surface area contributed by atoms with Crippen molar-refractivity contribution in [1.82, 2.24) is 4.90 Å². The number of urea groups is 1. The fraction of sp³-hybridized carbons (Fsp3) is 0.346. The molecule has 0 spiro atoms. The molecule has 3 heterocycles. The number of thiophene rings is 1. The average Bonchev–Trinajstić information content (AvgIpc) is 3.53. The first-order valence-corrected chi connectivity index (χ1v) is 12.2. The number of methoxy groups -OCH3 is 2. The molecule has 2 amide bonds. The zero-order valence-electron chi connectivity index (χ0n) is 19.0. The van der Waals surface area contributed by atoms with Crippen LogP contribution in [0.3, 0.4) is 0 Å². The Morgan fingerprint density at radius 2 is 1.91 bits per heavy atom. The number of hydrogen-bond acceptors (Lipinski definition) is 5.